The largest absolute Gasteiger partial charge is 0.507 e. The average molecular weight is 384 g/mol. The fraction of sp³-hybridized carbons (Fsp3) is 0.318. The van der Waals surface area contributed by atoms with Crippen LogP contribution in [-0.4, -0.2) is 24.8 Å². The summed E-state index contributed by atoms with van der Waals surface area (Å²) in [6, 6.07) is 10.3. The molecular formula is C22H26NO5+. The van der Waals surface area contributed by atoms with Gasteiger partial charge in [-0.2, -0.15) is 0 Å². The van der Waals surface area contributed by atoms with Gasteiger partial charge >= 0.3 is 0 Å². The van der Waals surface area contributed by atoms with Crippen LogP contribution in [0.4, 0.5) is 0 Å². The second kappa shape index (κ2) is 8.80. The zero-order valence-electron chi connectivity index (χ0n) is 16.5. The Morgan fingerprint density at radius 2 is 1.71 bits per heavy atom. The van der Waals surface area contributed by atoms with Crippen molar-refractivity contribution >= 4 is 11.0 Å². The van der Waals surface area contributed by atoms with Gasteiger partial charge in [-0.1, -0.05) is 12.1 Å². The SMILES string of the molecule is CCOc1ccccc1Oc1coc2c(C[NH+](CC)CC)c(O)ccc2c1=O. The maximum absolute atomic E-state index is 13.0. The lowest BCUT2D eigenvalue weighted by molar-refractivity contribution is -0.910. The summed E-state index contributed by atoms with van der Waals surface area (Å²) in [6.45, 7) is 8.93. The molecule has 0 aliphatic heterocycles. The predicted octanol–water partition coefficient (Wildman–Crippen LogP) is 3.11. The number of ether oxygens (including phenoxy) is 2. The number of hydrogen-bond donors (Lipinski definition) is 2. The van der Waals surface area contributed by atoms with E-state index in [4.69, 9.17) is 13.9 Å². The number of nitrogens with one attached hydrogen (secondary N) is 1. The van der Waals surface area contributed by atoms with E-state index in [1.165, 1.54) is 17.2 Å². The van der Waals surface area contributed by atoms with Crippen molar-refractivity contribution in [2.75, 3.05) is 19.7 Å². The first-order chi connectivity index (χ1) is 13.6. The van der Waals surface area contributed by atoms with Gasteiger partial charge in [0, 0.05) is 0 Å². The maximum Gasteiger partial charge on any atom is 0.235 e. The Hall–Kier alpha value is -2.99. The highest BCUT2D eigenvalue weighted by molar-refractivity contribution is 5.82. The van der Waals surface area contributed by atoms with Crippen molar-refractivity contribution in [1.82, 2.24) is 0 Å². The molecule has 2 N–H and O–H groups in total. The molecule has 3 rings (SSSR count). The van der Waals surface area contributed by atoms with Gasteiger partial charge in [0.25, 0.3) is 0 Å². The first-order valence-electron chi connectivity index (χ1n) is 9.58. The summed E-state index contributed by atoms with van der Waals surface area (Å²) in [5.74, 6) is 1.21. The van der Waals surface area contributed by atoms with Gasteiger partial charge in [-0.05, 0) is 45.0 Å². The predicted molar refractivity (Wildman–Crippen MR) is 108 cm³/mol. The molecule has 0 spiro atoms. The lowest BCUT2D eigenvalue weighted by Crippen LogP contribution is -3.10. The van der Waals surface area contributed by atoms with Gasteiger partial charge < -0.3 is 23.9 Å². The normalized spacial score (nSPS) is 11.1. The van der Waals surface area contributed by atoms with Crippen LogP contribution in [0.5, 0.6) is 23.0 Å². The van der Waals surface area contributed by atoms with Gasteiger partial charge in [0.15, 0.2) is 17.1 Å². The zero-order valence-corrected chi connectivity index (χ0v) is 16.5. The van der Waals surface area contributed by atoms with Crippen LogP contribution in [-0.2, 0) is 6.54 Å². The number of aromatic hydroxyl groups is 1. The molecule has 6 nitrogen and oxygen atoms in total. The third-order valence-electron chi connectivity index (χ3n) is 4.78. The lowest BCUT2D eigenvalue weighted by atomic mass is 10.1. The van der Waals surface area contributed by atoms with Gasteiger partial charge in [0.2, 0.25) is 11.2 Å². The number of para-hydroxylation sites is 2. The number of hydrogen-bond acceptors (Lipinski definition) is 5. The maximum atomic E-state index is 13.0. The van der Waals surface area contributed by atoms with E-state index in [1.807, 2.05) is 19.1 Å². The van der Waals surface area contributed by atoms with Crippen molar-refractivity contribution < 1.29 is 23.9 Å². The van der Waals surface area contributed by atoms with Gasteiger partial charge in [0.05, 0.1) is 30.6 Å². The summed E-state index contributed by atoms with van der Waals surface area (Å²) in [5.41, 5.74) is 0.743. The van der Waals surface area contributed by atoms with Crippen molar-refractivity contribution in [3.05, 3.63) is 58.4 Å². The molecule has 2 aromatic carbocycles. The Morgan fingerprint density at radius 3 is 2.39 bits per heavy atom. The van der Waals surface area contributed by atoms with Crippen molar-refractivity contribution in [2.45, 2.75) is 27.3 Å². The topological polar surface area (TPSA) is 73.3 Å². The summed E-state index contributed by atoms with van der Waals surface area (Å²) < 4.78 is 17.1. The van der Waals surface area contributed by atoms with Crippen molar-refractivity contribution in [1.29, 1.82) is 0 Å². The minimum Gasteiger partial charge on any atom is -0.507 e. The van der Waals surface area contributed by atoms with Crippen molar-refractivity contribution in [3.8, 4) is 23.0 Å². The van der Waals surface area contributed by atoms with E-state index in [2.05, 4.69) is 13.8 Å². The number of benzene rings is 2. The van der Waals surface area contributed by atoms with Crippen LogP contribution in [0.3, 0.4) is 0 Å². The molecular weight excluding hydrogens is 358 g/mol. The molecule has 1 heterocycles. The number of quaternary nitrogens is 1. The zero-order chi connectivity index (χ0) is 20.1. The lowest BCUT2D eigenvalue weighted by Gasteiger charge is -2.17. The highest BCUT2D eigenvalue weighted by Gasteiger charge is 2.19. The number of phenols is 1. The second-order valence-electron chi connectivity index (χ2n) is 6.48. The molecule has 148 valence electrons. The standard InChI is InChI=1S/C22H25NO5/c1-4-23(5-2)13-16-17(24)12-11-15-21(25)20(14-27-22(15)16)28-19-10-8-7-9-18(19)26-6-3/h7-12,14,24H,4-6,13H2,1-3H3/p+1. The molecule has 6 heteroatoms. The fourth-order valence-corrected chi connectivity index (χ4v) is 3.15. The molecule has 1 aromatic heterocycles. The first-order valence-corrected chi connectivity index (χ1v) is 9.58. The van der Waals surface area contributed by atoms with E-state index in [0.717, 1.165) is 13.1 Å². The molecule has 0 saturated heterocycles. The van der Waals surface area contributed by atoms with Crippen molar-refractivity contribution in [3.63, 3.8) is 0 Å². The fourth-order valence-electron chi connectivity index (χ4n) is 3.15. The third kappa shape index (κ3) is 3.97. The molecule has 28 heavy (non-hydrogen) atoms. The Bertz CT molecular complexity index is 1010. The summed E-state index contributed by atoms with van der Waals surface area (Å²) in [7, 11) is 0. The highest BCUT2D eigenvalue weighted by atomic mass is 16.5. The van der Waals surface area contributed by atoms with E-state index < -0.39 is 0 Å². The van der Waals surface area contributed by atoms with Gasteiger partial charge in [-0.3, -0.25) is 4.79 Å². The number of rotatable bonds is 8. The highest BCUT2D eigenvalue weighted by Crippen LogP contribution is 2.32. The third-order valence-corrected chi connectivity index (χ3v) is 4.78. The number of fused-ring (bicyclic) bond motifs is 1. The summed E-state index contributed by atoms with van der Waals surface area (Å²) in [6.07, 6.45) is 1.30. The van der Waals surface area contributed by atoms with E-state index in [-0.39, 0.29) is 16.9 Å². The smallest absolute Gasteiger partial charge is 0.235 e. The molecule has 3 aromatic rings. The summed E-state index contributed by atoms with van der Waals surface area (Å²) >= 11 is 0. The minimum atomic E-state index is -0.289. The van der Waals surface area contributed by atoms with Crippen LogP contribution in [0.2, 0.25) is 0 Å². The van der Waals surface area contributed by atoms with E-state index >= 15 is 0 Å². The molecule has 0 fully saturated rings. The minimum absolute atomic E-state index is 0.0754. The van der Waals surface area contributed by atoms with Crippen LogP contribution < -0.4 is 19.8 Å². The molecule has 0 bridgehead atoms. The van der Waals surface area contributed by atoms with Gasteiger partial charge in [-0.15, -0.1) is 0 Å². The molecule has 0 radical (unpaired) electrons. The van der Waals surface area contributed by atoms with Gasteiger partial charge in [0.1, 0.15) is 18.6 Å². The van der Waals surface area contributed by atoms with Crippen LogP contribution in [0.1, 0.15) is 26.3 Å². The number of phenolic OH excluding ortho intramolecular Hbond substituents is 1. The second-order valence-corrected chi connectivity index (χ2v) is 6.48. The van der Waals surface area contributed by atoms with Crippen LogP contribution in [0, 0.1) is 0 Å². The van der Waals surface area contributed by atoms with Crippen LogP contribution >= 0.6 is 0 Å². The summed E-state index contributed by atoms with van der Waals surface area (Å²) in [4.78, 5) is 14.3. The Balaban J connectivity index is 2.03. The average Bonchev–Trinajstić information content (AvgIpc) is 2.71. The quantitative estimate of drug-likeness (QED) is 0.624. The van der Waals surface area contributed by atoms with Crippen molar-refractivity contribution in [2.24, 2.45) is 0 Å². The van der Waals surface area contributed by atoms with Crippen LogP contribution in [0.15, 0.2) is 51.9 Å². The molecule has 0 aliphatic carbocycles. The molecule has 0 saturated carbocycles. The van der Waals surface area contributed by atoms with E-state index in [1.54, 1.807) is 18.2 Å². The molecule has 0 amide bonds. The molecule has 0 unspecified atom stereocenters. The first kappa shape index (κ1) is 19.8. The van der Waals surface area contributed by atoms with Gasteiger partial charge in [-0.25, -0.2) is 0 Å². The monoisotopic (exact) mass is 384 g/mol. The Labute approximate surface area is 163 Å². The van der Waals surface area contributed by atoms with E-state index in [9.17, 15) is 9.90 Å². The molecule has 0 atom stereocenters. The summed E-state index contributed by atoms with van der Waals surface area (Å²) in [5, 5.41) is 10.7. The Morgan fingerprint density at radius 1 is 1.00 bits per heavy atom. The Kier molecular flexibility index (Phi) is 6.21. The van der Waals surface area contributed by atoms with E-state index in [0.29, 0.717) is 41.2 Å². The van der Waals surface area contributed by atoms with Crippen LogP contribution in [0.25, 0.3) is 11.0 Å². The molecule has 0 aliphatic rings.